The van der Waals surface area contributed by atoms with Crippen LogP contribution in [-0.2, 0) is 16.0 Å². The maximum Gasteiger partial charge on any atom is 0.223 e. The Morgan fingerprint density at radius 1 is 0.880 bits per heavy atom. The fourth-order valence-electron chi connectivity index (χ4n) is 2.60. The molecule has 0 unspecified atom stereocenters. The number of carbonyl (C=O) groups excluding carboxylic acids is 2. The lowest BCUT2D eigenvalue weighted by Gasteiger charge is -2.21. The summed E-state index contributed by atoms with van der Waals surface area (Å²) in [6, 6.07) is 17.9. The second kappa shape index (κ2) is 8.61. The minimum Gasteiger partial charge on any atom is -0.346 e. The van der Waals surface area contributed by atoms with E-state index in [0.717, 1.165) is 16.7 Å². The van der Waals surface area contributed by atoms with E-state index in [1.165, 1.54) is 6.92 Å². The molecule has 0 aliphatic heterocycles. The van der Waals surface area contributed by atoms with Crippen LogP contribution in [0.5, 0.6) is 0 Å². The first-order valence-corrected chi connectivity index (χ1v) is 8.83. The minimum absolute atomic E-state index is 0.0172. The van der Waals surface area contributed by atoms with Crippen molar-refractivity contribution in [3.05, 3.63) is 60.2 Å². The van der Waals surface area contributed by atoms with E-state index in [1.54, 1.807) is 0 Å². The van der Waals surface area contributed by atoms with Crippen LogP contribution in [0.15, 0.2) is 54.6 Å². The molecule has 2 aromatic carbocycles. The van der Waals surface area contributed by atoms with Crippen LogP contribution in [0, 0.1) is 11.8 Å². The molecule has 0 spiro atoms. The Morgan fingerprint density at radius 2 is 1.44 bits per heavy atom. The van der Waals surface area contributed by atoms with Crippen molar-refractivity contribution in [3.8, 4) is 11.1 Å². The van der Waals surface area contributed by atoms with E-state index in [-0.39, 0.29) is 23.5 Å². The standard InChI is InChI=1S/C22H27NO2/c1-15(2)16(3)22(25)23-21(17(4)24)14-18-10-12-20(13-11-18)19-8-6-5-7-9-19/h5-13,15-16,21H,14H2,1-4H3,(H,23,25)/t16-,21-/m0/s1. The SMILES string of the molecule is CC(=O)[C@H](Cc1ccc(-c2ccccc2)cc1)NC(=O)[C@@H](C)C(C)C. The number of amides is 1. The van der Waals surface area contributed by atoms with Gasteiger partial charge in [0.2, 0.25) is 5.91 Å². The van der Waals surface area contributed by atoms with E-state index >= 15 is 0 Å². The summed E-state index contributed by atoms with van der Waals surface area (Å²) in [5, 5.41) is 2.90. The monoisotopic (exact) mass is 337 g/mol. The Hall–Kier alpha value is -2.42. The number of Topliss-reactive ketones (excluding diaryl/α,β-unsaturated/α-hetero) is 1. The summed E-state index contributed by atoms with van der Waals surface area (Å²) in [6.45, 7) is 7.44. The Morgan fingerprint density at radius 3 is 1.96 bits per heavy atom. The molecule has 0 heterocycles. The number of nitrogens with one attached hydrogen (secondary N) is 1. The van der Waals surface area contributed by atoms with Crippen molar-refractivity contribution in [3.63, 3.8) is 0 Å². The molecule has 0 radical (unpaired) electrons. The van der Waals surface area contributed by atoms with Crippen molar-refractivity contribution >= 4 is 11.7 Å². The molecular formula is C22H27NO2. The number of hydrogen-bond acceptors (Lipinski definition) is 2. The van der Waals surface area contributed by atoms with Gasteiger partial charge in [-0.15, -0.1) is 0 Å². The summed E-state index contributed by atoms with van der Waals surface area (Å²) in [4.78, 5) is 24.2. The summed E-state index contributed by atoms with van der Waals surface area (Å²) in [7, 11) is 0. The zero-order valence-electron chi connectivity index (χ0n) is 15.5. The van der Waals surface area contributed by atoms with E-state index in [0.29, 0.717) is 6.42 Å². The quantitative estimate of drug-likeness (QED) is 0.820. The van der Waals surface area contributed by atoms with E-state index < -0.39 is 6.04 Å². The molecule has 0 fully saturated rings. The summed E-state index contributed by atoms with van der Waals surface area (Å²) in [5.74, 6) is 0.0626. The average molecular weight is 337 g/mol. The van der Waals surface area contributed by atoms with Gasteiger partial charge in [0, 0.05) is 5.92 Å². The van der Waals surface area contributed by atoms with Crippen LogP contribution in [0.25, 0.3) is 11.1 Å². The van der Waals surface area contributed by atoms with Crippen LogP contribution in [-0.4, -0.2) is 17.7 Å². The highest BCUT2D eigenvalue weighted by molar-refractivity contribution is 5.88. The van der Waals surface area contributed by atoms with Crippen molar-refractivity contribution in [1.29, 1.82) is 0 Å². The van der Waals surface area contributed by atoms with Crippen molar-refractivity contribution in [2.45, 2.75) is 40.2 Å². The molecule has 25 heavy (non-hydrogen) atoms. The summed E-state index contributed by atoms with van der Waals surface area (Å²) in [5.41, 5.74) is 3.34. The van der Waals surface area contributed by atoms with Gasteiger partial charge in [0.05, 0.1) is 6.04 Å². The second-order valence-corrected chi connectivity index (χ2v) is 6.97. The van der Waals surface area contributed by atoms with E-state index in [4.69, 9.17) is 0 Å². The van der Waals surface area contributed by atoms with Gasteiger partial charge in [-0.1, -0.05) is 75.4 Å². The van der Waals surface area contributed by atoms with Gasteiger partial charge >= 0.3 is 0 Å². The lowest BCUT2D eigenvalue weighted by atomic mass is 9.95. The zero-order chi connectivity index (χ0) is 18.4. The second-order valence-electron chi connectivity index (χ2n) is 6.97. The smallest absolute Gasteiger partial charge is 0.223 e. The number of carbonyl (C=O) groups is 2. The molecule has 0 aliphatic rings. The van der Waals surface area contributed by atoms with E-state index in [1.807, 2.05) is 51.1 Å². The Bertz CT molecular complexity index is 705. The molecule has 2 aromatic rings. The normalized spacial score (nSPS) is 13.3. The third-order valence-corrected chi connectivity index (χ3v) is 4.72. The zero-order valence-corrected chi connectivity index (χ0v) is 15.5. The highest BCUT2D eigenvalue weighted by Crippen LogP contribution is 2.20. The maximum absolute atomic E-state index is 12.3. The van der Waals surface area contributed by atoms with Crippen molar-refractivity contribution in [2.24, 2.45) is 11.8 Å². The van der Waals surface area contributed by atoms with Crippen molar-refractivity contribution in [1.82, 2.24) is 5.32 Å². The Labute approximate surface area is 150 Å². The van der Waals surface area contributed by atoms with Gasteiger partial charge in [0.25, 0.3) is 0 Å². The van der Waals surface area contributed by atoms with Gasteiger partial charge in [-0.3, -0.25) is 9.59 Å². The van der Waals surface area contributed by atoms with Gasteiger partial charge in [0.15, 0.2) is 5.78 Å². The third kappa shape index (κ3) is 5.28. The maximum atomic E-state index is 12.3. The summed E-state index contributed by atoms with van der Waals surface area (Å²) >= 11 is 0. The van der Waals surface area contributed by atoms with Crippen molar-refractivity contribution < 1.29 is 9.59 Å². The fraction of sp³-hybridized carbons (Fsp3) is 0.364. The van der Waals surface area contributed by atoms with Gasteiger partial charge in [-0.05, 0) is 36.0 Å². The molecule has 0 aliphatic carbocycles. The van der Waals surface area contributed by atoms with Crippen LogP contribution in [0.1, 0.15) is 33.3 Å². The summed E-state index contributed by atoms with van der Waals surface area (Å²) in [6.07, 6.45) is 0.515. The molecule has 2 atom stereocenters. The summed E-state index contributed by atoms with van der Waals surface area (Å²) < 4.78 is 0. The van der Waals surface area contributed by atoms with Crippen LogP contribution in [0.3, 0.4) is 0 Å². The highest BCUT2D eigenvalue weighted by atomic mass is 16.2. The molecule has 1 amide bonds. The largest absolute Gasteiger partial charge is 0.346 e. The predicted molar refractivity (Wildman–Crippen MR) is 102 cm³/mol. The Kier molecular flexibility index (Phi) is 6.51. The molecular weight excluding hydrogens is 310 g/mol. The minimum atomic E-state index is -0.476. The lowest BCUT2D eigenvalue weighted by molar-refractivity contribution is -0.130. The first-order chi connectivity index (χ1) is 11.9. The van der Waals surface area contributed by atoms with Gasteiger partial charge < -0.3 is 5.32 Å². The molecule has 1 N–H and O–H groups in total. The Balaban J connectivity index is 2.07. The van der Waals surface area contributed by atoms with E-state index in [9.17, 15) is 9.59 Å². The van der Waals surface area contributed by atoms with Gasteiger partial charge in [-0.25, -0.2) is 0 Å². The number of rotatable bonds is 7. The van der Waals surface area contributed by atoms with Crippen LogP contribution in [0.2, 0.25) is 0 Å². The molecule has 0 saturated heterocycles. The van der Waals surface area contributed by atoms with Crippen LogP contribution >= 0.6 is 0 Å². The number of benzene rings is 2. The van der Waals surface area contributed by atoms with Gasteiger partial charge in [-0.2, -0.15) is 0 Å². The number of ketones is 1. The third-order valence-electron chi connectivity index (χ3n) is 4.72. The molecule has 3 heteroatoms. The molecule has 0 saturated carbocycles. The average Bonchev–Trinajstić information content (AvgIpc) is 2.61. The first-order valence-electron chi connectivity index (χ1n) is 8.83. The van der Waals surface area contributed by atoms with Gasteiger partial charge in [0.1, 0.15) is 0 Å². The molecule has 3 nitrogen and oxygen atoms in total. The van der Waals surface area contributed by atoms with E-state index in [2.05, 4.69) is 29.6 Å². The highest BCUT2D eigenvalue weighted by Gasteiger charge is 2.22. The molecule has 0 bridgehead atoms. The first kappa shape index (κ1) is 18.9. The molecule has 2 rings (SSSR count). The van der Waals surface area contributed by atoms with Crippen molar-refractivity contribution in [2.75, 3.05) is 0 Å². The van der Waals surface area contributed by atoms with Crippen LogP contribution in [0.4, 0.5) is 0 Å². The predicted octanol–water partition coefficient (Wildman–Crippen LogP) is 4.26. The topological polar surface area (TPSA) is 46.2 Å². The fourth-order valence-corrected chi connectivity index (χ4v) is 2.60. The molecule has 132 valence electrons. The van der Waals surface area contributed by atoms with Crippen LogP contribution < -0.4 is 5.32 Å². The number of hydrogen-bond donors (Lipinski definition) is 1. The lowest BCUT2D eigenvalue weighted by Crippen LogP contribution is -2.44. The molecule has 0 aromatic heterocycles.